The van der Waals surface area contributed by atoms with Crippen LogP contribution in [0.15, 0.2) is 0 Å². The van der Waals surface area contributed by atoms with Crippen molar-refractivity contribution in [1.82, 2.24) is 5.32 Å². The Morgan fingerprint density at radius 1 is 1.38 bits per heavy atom. The van der Waals surface area contributed by atoms with Gasteiger partial charge >= 0.3 is 0 Å². The molecular formula is C9H14N4O2S. The fourth-order valence-corrected chi connectivity index (χ4v) is 2.27. The van der Waals surface area contributed by atoms with Gasteiger partial charge in [-0.05, 0) is 0 Å². The molecule has 0 saturated carbocycles. The molecule has 16 heavy (non-hydrogen) atoms. The minimum Gasteiger partial charge on any atom is -0.397 e. The summed E-state index contributed by atoms with van der Waals surface area (Å²) in [5.74, 6) is -0.953. The maximum Gasteiger partial charge on any atom is 0.260 e. The average Bonchev–Trinajstić information content (AvgIpc) is 2.55. The van der Waals surface area contributed by atoms with Crippen molar-refractivity contribution in [3.63, 3.8) is 0 Å². The van der Waals surface area contributed by atoms with Gasteiger partial charge < -0.3 is 21.7 Å². The van der Waals surface area contributed by atoms with Crippen molar-refractivity contribution in [2.75, 3.05) is 31.8 Å². The second-order valence-electron chi connectivity index (χ2n) is 3.36. The Hall–Kier alpha value is -1.76. The highest BCUT2D eigenvalue weighted by Gasteiger charge is 2.24. The molecule has 0 atom stereocenters. The van der Waals surface area contributed by atoms with Gasteiger partial charge in [0.15, 0.2) is 0 Å². The smallest absolute Gasteiger partial charge is 0.260 e. The van der Waals surface area contributed by atoms with E-state index in [1.807, 2.05) is 0 Å². The lowest BCUT2D eigenvalue weighted by molar-refractivity contribution is 0.0964. The molecule has 1 aromatic heterocycles. The molecule has 0 radical (unpaired) electrons. The summed E-state index contributed by atoms with van der Waals surface area (Å²) in [5.41, 5.74) is 11.4. The van der Waals surface area contributed by atoms with Gasteiger partial charge in [-0.25, -0.2) is 0 Å². The Morgan fingerprint density at radius 3 is 2.31 bits per heavy atom. The molecule has 1 heterocycles. The van der Waals surface area contributed by atoms with E-state index < -0.39 is 5.91 Å². The topological polar surface area (TPSA) is 101 Å². The number of carbonyl (C=O) groups excluding carboxylic acids is 2. The van der Waals surface area contributed by atoms with Crippen molar-refractivity contribution in [2.45, 2.75) is 0 Å². The van der Waals surface area contributed by atoms with Gasteiger partial charge in [0, 0.05) is 21.1 Å². The lowest BCUT2D eigenvalue weighted by Gasteiger charge is -2.11. The van der Waals surface area contributed by atoms with Gasteiger partial charge in [0.2, 0.25) is 0 Å². The summed E-state index contributed by atoms with van der Waals surface area (Å²) in [6.07, 6.45) is 0. The molecule has 1 aromatic rings. The molecule has 1 rings (SSSR count). The summed E-state index contributed by atoms with van der Waals surface area (Å²) in [6, 6.07) is 0. The second kappa shape index (κ2) is 4.40. The number of nitrogen functional groups attached to an aromatic ring is 1. The number of hydrogen-bond acceptors (Lipinski definition) is 5. The lowest BCUT2D eigenvalue weighted by Crippen LogP contribution is -2.22. The van der Waals surface area contributed by atoms with Crippen molar-refractivity contribution >= 4 is 33.8 Å². The molecule has 0 fully saturated rings. The molecular weight excluding hydrogens is 228 g/mol. The van der Waals surface area contributed by atoms with E-state index in [0.717, 1.165) is 11.3 Å². The maximum absolute atomic E-state index is 11.6. The van der Waals surface area contributed by atoms with Crippen LogP contribution in [0.2, 0.25) is 0 Å². The van der Waals surface area contributed by atoms with E-state index in [-0.39, 0.29) is 16.5 Å². The second-order valence-corrected chi connectivity index (χ2v) is 4.36. The van der Waals surface area contributed by atoms with E-state index in [1.165, 1.54) is 7.05 Å². The summed E-state index contributed by atoms with van der Waals surface area (Å²) >= 11 is 1.11. The fourth-order valence-electron chi connectivity index (χ4n) is 1.27. The van der Waals surface area contributed by atoms with Crippen LogP contribution in [0, 0.1) is 0 Å². The highest BCUT2D eigenvalue weighted by molar-refractivity contribution is 7.19. The molecule has 0 aliphatic heterocycles. The fraction of sp³-hybridized carbons (Fsp3) is 0.333. The van der Waals surface area contributed by atoms with Crippen molar-refractivity contribution in [3.8, 4) is 0 Å². The normalized spacial score (nSPS) is 9.94. The summed E-state index contributed by atoms with van der Waals surface area (Å²) in [6.45, 7) is 0. The summed E-state index contributed by atoms with van der Waals surface area (Å²) in [4.78, 5) is 24.7. The zero-order valence-electron chi connectivity index (χ0n) is 9.33. The van der Waals surface area contributed by atoms with Gasteiger partial charge in [0.05, 0.1) is 11.3 Å². The number of primary amides is 1. The zero-order chi connectivity index (χ0) is 12.5. The highest BCUT2D eigenvalue weighted by Crippen LogP contribution is 2.36. The Kier molecular flexibility index (Phi) is 3.38. The average molecular weight is 242 g/mol. The first kappa shape index (κ1) is 12.3. The number of amides is 2. The van der Waals surface area contributed by atoms with E-state index >= 15 is 0 Å². The van der Waals surface area contributed by atoms with Crippen LogP contribution in [0.3, 0.4) is 0 Å². The van der Waals surface area contributed by atoms with Crippen molar-refractivity contribution in [3.05, 3.63) is 10.4 Å². The molecule has 0 aromatic carbocycles. The van der Waals surface area contributed by atoms with Crippen LogP contribution >= 0.6 is 11.3 Å². The maximum atomic E-state index is 11.6. The predicted molar refractivity (Wildman–Crippen MR) is 65.0 cm³/mol. The van der Waals surface area contributed by atoms with Gasteiger partial charge in [-0.15, -0.1) is 11.3 Å². The number of carbonyl (C=O) groups is 2. The lowest BCUT2D eigenvalue weighted by atomic mass is 10.2. The first-order chi connectivity index (χ1) is 7.40. The minimum absolute atomic E-state index is 0.139. The van der Waals surface area contributed by atoms with Gasteiger partial charge in [0.1, 0.15) is 9.88 Å². The van der Waals surface area contributed by atoms with Crippen LogP contribution in [-0.2, 0) is 0 Å². The van der Waals surface area contributed by atoms with E-state index in [2.05, 4.69) is 5.32 Å². The molecule has 88 valence electrons. The number of nitrogens with two attached hydrogens (primary N) is 2. The van der Waals surface area contributed by atoms with Crippen molar-refractivity contribution in [2.24, 2.45) is 5.73 Å². The number of anilines is 2. The Morgan fingerprint density at radius 2 is 1.94 bits per heavy atom. The van der Waals surface area contributed by atoms with Gasteiger partial charge in [0.25, 0.3) is 11.8 Å². The van der Waals surface area contributed by atoms with Crippen LogP contribution in [-0.4, -0.2) is 33.0 Å². The standard InChI is InChI=1S/C9H14N4O2S/c1-12-8(15)4-5(10)6(7(11)14)16-9(4)13(2)3/h10H2,1-3H3,(H2,11,14)(H,12,15). The van der Waals surface area contributed by atoms with Crippen molar-refractivity contribution in [1.29, 1.82) is 0 Å². The van der Waals surface area contributed by atoms with E-state index in [4.69, 9.17) is 11.5 Å². The quantitative estimate of drug-likeness (QED) is 0.686. The minimum atomic E-state index is -0.624. The third-order valence-electron chi connectivity index (χ3n) is 2.01. The summed E-state index contributed by atoms with van der Waals surface area (Å²) < 4.78 is 0. The molecule has 0 aliphatic carbocycles. The van der Waals surface area contributed by atoms with Gasteiger partial charge in [-0.3, -0.25) is 9.59 Å². The molecule has 0 aliphatic rings. The summed E-state index contributed by atoms with van der Waals surface area (Å²) in [5, 5.41) is 3.09. The number of hydrogen-bond donors (Lipinski definition) is 3. The predicted octanol–water partition coefficient (Wildman–Crippen LogP) is -0.145. The van der Waals surface area contributed by atoms with Crippen LogP contribution < -0.4 is 21.7 Å². The van der Waals surface area contributed by atoms with Crippen LogP contribution in [0.4, 0.5) is 10.7 Å². The molecule has 7 heteroatoms. The van der Waals surface area contributed by atoms with Crippen molar-refractivity contribution < 1.29 is 9.59 Å². The Labute approximate surface area is 97.2 Å². The first-order valence-electron chi connectivity index (χ1n) is 4.51. The molecule has 2 amide bonds. The summed E-state index contributed by atoms with van der Waals surface area (Å²) in [7, 11) is 5.04. The highest BCUT2D eigenvalue weighted by atomic mass is 32.1. The number of rotatable bonds is 3. The van der Waals surface area contributed by atoms with E-state index in [9.17, 15) is 9.59 Å². The number of nitrogens with zero attached hydrogens (tertiary/aromatic N) is 1. The molecule has 0 spiro atoms. The first-order valence-corrected chi connectivity index (χ1v) is 5.33. The van der Waals surface area contributed by atoms with E-state index in [1.54, 1.807) is 19.0 Å². The Bertz CT molecular complexity index is 439. The molecule has 0 saturated heterocycles. The molecule has 5 N–H and O–H groups in total. The van der Waals surface area contributed by atoms with Crippen LogP contribution in [0.25, 0.3) is 0 Å². The molecule has 0 bridgehead atoms. The SMILES string of the molecule is CNC(=O)c1c(N(C)C)sc(C(N)=O)c1N. The van der Waals surface area contributed by atoms with Crippen LogP contribution in [0.5, 0.6) is 0 Å². The van der Waals surface area contributed by atoms with Gasteiger partial charge in [-0.2, -0.15) is 0 Å². The van der Waals surface area contributed by atoms with Gasteiger partial charge in [-0.1, -0.05) is 0 Å². The van der Waals surface area contributed by atoms with E-state index in [0.29, 0.717) is 10.6 Å². The van der Waals surface area contributed by atoms with Crippen LogP contribution in [0.1, 0.15) is 20.0 Å². The number of nitrogens with one attached hydrogen (secondary N) is 1. The zero-order valence-corrected chi connectivity index (χ0v) is 10.1. The third-order valence-corrected chi connectivity index (χ3v) is 3.40. The number of thiophene rings is 1. The monoisotopic (exact) mass is 242 g/mol. The molecule has 0 unspecified atom stereocenters. The Balaban J connectivity index is 3.43. The molecule has 6 nitrogen and oxygen atoms in total. The third kappa shape index (κ3) is 1.94. The largest absolute Gasteiger partial charge is 0.397 e.